The maximum absolute atomic E-state index is 9.58. The van der Waals surface area contributed by atoms with Crippen molar-refractivity contribution in [1.82, 2.24) is 0 Å². The average Bonchev–Trinajstić information content (AvgIpc) is 2.10. The highest BCUT2D eigenvalue weighted by molar-refractivity contribution is 5.37. The third-order valence-corrected chi connectivity index (χ3v) is 3.28. The van der Waals surface area contributed by atoms with Gasteiger partial charge in [0.15, 0.2) is 0 Å². The van der Waals surface area contributed by atoms with Crippen LogP contribution in [0.5, 0.6) is 0 Å². The summed E-state index contributed by atoms with van der Waals surface area (Å²) in [5, 5.41) is 9.58. The summed E-state index contributed by atoms with van der Waals surface area (Å²) in [5.41, 5.74) is 4.03. The fraction of sp³-hybridized carbons (Fsp3) is 0.500. The Morgan fingerprint density at radius 1 is 1.23 bits per heavy atom. The van der Waals surface area contributed by atoms with E-state index in [9.17, 15) is 5.11 Å². The van der Waals surface area contributed by atoms with Crippen molar-refractivity contribution in [2.45, 2.75) is 38.7 Å². The minimum Gasteiger partial charge on any atom is -0.392 e. The van der Waals surface area contributed by atoms with Gasteiger partial charge in [-0.05, 0) is 43.4 Å². The van der Waals surface area contributed by atoms with Crippen LogP contribution >= 0.6 is 0 Å². The Hall–Kier alpha value is -0.820. The van der Waals surface area contributed by atoms with Gasteiger partial charge in [0.25, 0.3) is 0 Å². The highest BCUT2D eigenvalue weighted by atomic mass is 16.3. The van der Waals surface area contributed by atoms with Crippen LogP contribution in [0, 0.1) is 13.8 Å². The van der Waals surface area contributed by atoms with Crippen LogP contribution in [0.3, 0.4) is 0 Å². The van der Waals surface area contributed by atoms with Gasteiger partial charge in [0.1, 0.15) is 0 Å². The molecule has 0 spiro atoms. The van der Waals surface area contributed by atoms with Crippen LogP contribution in [-0.2, 0) is 0 Å². The Morgan fingerprint density at radius 3 is 2.54 bits per heavy atom. The number of hydrogen-bond acceptors (Lipinski definition) is 1. The number of rotatable bonds is 1. The van der Waals surface area contributed by atoms with Crippen LogP contribution < -0.4 is 0 Å². The maximum atomic E-state index is 9.58. The van der Waals surface area contributed by atoms with Gasteiger partial charge < -0.3 is 5.11 Å². The van der Waals surface area contributed by atoms with Gasteiger partial charge in [-0.15, -0.1) is 0 Å². The van der Waals surface area contributed by atoms with Gasteiger partial charge >= 0.3 is 0 Å². The number of aliphatic hydroxyl groups is 1. The quantitative estimate of drug-likeness (QED) is 0.697. The van der Waals surface area contributed by atoms with Gasteiger partial charge in [-0.25, -0.2) is 0 Å². The minimum absolute atomic E-state index is 0.0968. The van der Waals surface area contributed by atoms with Gasteiger partial charge in [-0.1, -0.05) is 18.2 Å². The van der Waals surface area contributed by atoms with E-state index in [2.05, 4.69) is 32.0 Å². The van der Waals surface area contributed by atoms with Gasteiger partial charge in [-0.3, -0.25) is 0 Å². The molecule has 0 heterocycles. The predicted octanol–water partition coefficient (Wildman–Crippen LogP) is 2.54. The summed E-state index contributed by atoms with van der Waals surface area (Å²) in [6.07, 6.45) is 2.02. The summed E-state index contributed by atoms with van der Waals surface area (Å²) in [6.45, 7) is 4.28. The van der Waals surface area contributed by atoms with Gasteiger partial charge in [0.05, 0.1) is 6.10 Å². The zero-order valence-electron chi connectivity index (χ0n) is 8.25. The second-order valence-corrected chi connectivity index (χ2v) is 4.04. The van der Waals surface area contributed by atoms with Crippen LogP contribution in [0.1, 0.15) is 35.4 Å². The first-order valence-corrected chi connectivity index (χ1v) is 4.94. The second kappa shape index (κ2) is 3.15. The van der Waals surface area contributed by atoms with E-state index in [1.807, 2.05) is 0 Å². The SMILES string of the molecule is Cc1cccc(C2CCC2O)c1C. The lowest BCUT2D eigenvalue weighted by molar-refractivity contribution is 0.0658. The first-order valence-electron chi connectivity index (χ1n) is 4.94. The van der Waals surface area contributed by atoms with Crippen LogP contribution in [0.25, 0.3) is 0 Å². The molecule has 1 aromatic rings. The number of hydrogen-bond donors (Lipinski definition) is 1. The first-order chi connectivity index (χ1) is 6.20. The Labute approximate surface area is 79.4 Å². The number of aryl methyl sites for hydroxylation is 1. The third-order valence-electron chi connectivity index (χ3n) is 3.28. The molecule has 1 heteroatoms. The van der Waals surface area contributed by atoms with Crippen molar-refractivity contribution in [3.05, 3.63) is 34.9 Å². The van der Waals surface area contributed by atoms with Crippen molar-refractivity contribution in [3.63, 3.8) is 0 Å². The van der Waals surface area contributed by atoms with E-state index in [1.54, 1.807) is 0 Å². The van der Waals surface area contributed by atoms with Crippen molar-refractivity contribution in [1.29, 1.82) is 0 Å². The Balaban J connectivity index is 2.34. The molecule has 1 saturated carbocycles. The van der Waals surface area contributed by atoms with Crippen LogP contribution in [-0.4, -0.2) is 11.2 Å². The lowest BCUT2D eigenvalue weighted by Crippen LogP contribution is -2.29. The molecule has 70 valence electrons. The van der Waals surface area contributed by atoms with E-state index in [-0.39, 0.29) is 6.10 Å². The van der Waals surface area contributed by atoms with Crippen molar-refractivity contribution < 1.29 is 5.11 Å². The molecule has 0 aliphatic heterocycles. The molecule has 2 unspecified atom stereocenters. The summed E-state index contributed by atoms with van der Waals surface area (Å²) in [4.78, 5) is 0. The predicted molar refractivity (Wildman–Crippen MR) is 53.9 cm³/mol. The van der Waals surface area contributed by atoms with E-state index in [1.165, 1.54) is 16.7 Å². The van der Waals surface area contributed by atoms with Gasteiger partial charge in [0, 0.05) is 5.92 Å². The fourth-order valence-corrected chi connectivity index (χ4v) is 2.02. The van der Waals surface area contributed by atoms with Crippen LogP contribution in [0.2, 0.25) is 0 Å². The van der Waals surface area contributed by atoms with Crippen molar-refractivity contribution in [2.24, 2.45) is 0 Å². The normalized spacial score (nSPS) is 27.0. The van der Waals surface area contributed by atoms with E-state index in [4.69, 9.17) is 0 Å². The molecule has 0 saturated heterocycles. The molecule has 0 radical (unpaired) electrons. The van der Waals surface area contributed by atoms with Gasteiger partial charge in [0.2, 0.25) is 0 Å². The average molecular weight is 176 g/mol. The van der Waals surface area contributed by atoms with Crippen molar-refractivity contribution >= 4 is 0 Å². The molecule has 2 atom stereocenters. The zero-order valence-corrected chi connectivity index (χ0v) is 8.25. The molecular weight excluding hydrogens is 160 g/mol. The number of benzene rings is 1. The maximum Gasteiger partial charge on any atom is 0.0609 e. The molecule has 1 nitrogen and oxygen atoms in total. The molecule has 1 N–H and O–H groups in total. The summed E-state index contributed by atoms with van der Waals surface area (Å²) in [7, 11) is 0. The fourth-order valence-electron chi connectivity index (χ4n) is 2.02. The highest BCUT2D eigenvalue weighted by Crippen LogP contribution is 2.38. The molecule has 13 heavy (non-hydrogen) atoms. The molecule has 0 amide bonds. The topological polar surface area (TPSA) is 20.2 Å². The van der Waals surface area contributed by atoms with Gasteiger partial charge in [-0.2, -0.15) is 0 Å². The molecule has 2 rings (SSSR count). The standard InChI is InChI=1S/C12H16O/c1-8-4-3-5-10(9(8)2)11-6-7-12(11)13/h3-5,11-13H,6-7H2,1-2H3. The van der Waals surface area contributed by atoms with Crippen molar-refractivity contribution in [2.75, 3.05) is 0 Å². The minimum atomic E-state index is -0.0968. The molecule has 1 fully saturated rings. The molecule has 1 aromatic carbocycles. The smallest absolute Gasteiger partial charge is 0.0609 e. The molecule has 1 aliphatic rings. The van der Waals surface area contributed by atoms with E-state index in [0.717, 1.165) is 12.8 Å². The molecule has 0 bridgehead atoms. The van der Waals surface area contributed by atoms with E-state index >= 15 is 0 Å². The third kappa shape index (κ3) is 1.37. The Bertz CT molecular complexity index is 317. The summed E-state index contributed by atoms with van der Waals surface area (Å²) >= 11 is 0. The Kier molecular flexibility index (Phi) is 2.12. The number of aliphatic hydroxyl groups excluding tert-OH is 1. The molecule has 1 aliphatic carbocycles. The zero-order chi connectivity index (χ0) is 9.42. The largest absolute Gasteiger partial charge is 0.392 e. The molecular formula is C12H16O. The monoisotopic (exact) mass is 176 g/mol. The molecule has 0 aromatic heterocycles. The lowest BCUT2D eigenvalue weighted by atomic mass is 9.75. The summed E-state index contributed by atoms with van der Waals surface area (Å²) < 4.78 is 0. The van der Waals surface area contributed by atoms with Crippen molar-refractivity contribution in [3.8, 4) is 0 Å². The second-order valence-electron chi connectivity index (χ2n) is 4.04. The summed E-state index contributed by atoms with van der Waals surface area (Å²) in [6, 6.07) is 6.36. The summed E-state index contributed by atoms with van der Waals surface area (Å²) in [5.74, 6) is 0.403. The van der Waals surface area contributed by atoms with E-state index < -0.39 is 0 Å². The highest BCUT2D eigenvalue weighted by Gasteiger charge is 2.31. The van der Waals surface area contributed by atoms with E-state index in [0.29, 0.717) is 5.92 Å². The first kappa shape index (κ1) is 8.76. The van der Waals surface area contributed by atoms with Crippen LogP contribution in [0.4, 0.5) is 0 Å². The van der Waals surface area contributed by atoms with Crippen LogP contribution in [0.15, 0.2) is 18.2 Å². The lowest BCUT2D eigenvalue weighted by Gasteiger charge is -2.34. The Morgan fingerprint density at radius 2 is 2.00 bits per heavy atom.